The highest BCUT2D eigenvalue weighted by Crippen LogP contribution is 2.31. The van der Waals surface area contributed by atoms with Crippen LogP contribution in [-0.2, 0) is 19.5 Å². The number of nitrogens with zero attached hydrogens (tertiary/aromatic N) is 2. The fourth-order valence-electron chi connectivity index (χ4n) is 5.43. The monoisotopic (exact) mass is 469 g/mol. The molecule has 0 bridgehead atoms. The summed E-state index contributed by atoms with van der Waals surface area (Å²) in [7, 11) is 0. The molecule has 5 rings (SSSR count). The van der Waals surface area contributed by atoms with Gasteiger partial charge in [0, 0.05) is 35.2 Å². The van der Waals surface area contributed by atoms with Crippen LogP contribution in [0, 0.1) is 18.7 Å². The second-order valence-electron chi connectivity index (χ2n) is 9.78. The molecule has 4 aromatic rings. The van der Waals surface area contributed by atoms with Crippen LogP contribution in [0.15, 0.2) is 72.8 Å². The van der Waals surface area contributed by atoms with Gasteiger partial charge in [-0.2, -0.15) is 0 Å². The molecule has 0 saturated carbocycles. The fourth-order valence-corrected chi connectivity index (χ4v) is 5.43. The average Bonchev–Trinajstić information content (AvgIpc) is 3.11. The molecule has 5 heteroatoms. The third kappa shape index (κ3) is 5.15. The molecule has 1 amide bonds. The molecular formula is C30H32FN3O. The van der Waals surface area contributed by atoms with E-state index in [9.17, 15) is 9.18 Å². The smallest absolute Gasteiger partial charge is 0.248 e. The molecule has 1 aliphatic heterocycles. The predicted octanol–water partition coefficient (Wildman–Crippen LogP) is 5.69. The van der Waals surface area contributed by atoms with Crippen LogP contribution in [0.3, 0.4) is 0 Å². The molecule has 2 N–H and O–H groups in total. The Morgan fingerprint density at radius 3 is 2.43 bits per heavy atom. The Hall–Kier alpha value is -3.44. The van der Waals surface area contributed by atoms with E-state index >= 15 is 0 Å². The number of piperidine rings is 1. The number of rotatable bonds is 7. The molecule has 0 radical (unpaired) electrons. The van der Waals surface area contributed by atoms with E-state index in [1.54, 1.807) is 12.1 Å². The zero-order valence-corrected chi connectivity index (χ0v) is 20.2. The van der Waals surface area contributed by atoms with Crippen LogP contribution in [0.2, 0.25) is 0 Å². The van der Waals surface area contributed by atoms with Crippen LogP contribution >= 0.6 is 0 Å². The molecule has 4 nitrogen and oxygen atoms in total. The van der Waals surface area contributed by atoms with Crippen molar-refractivity contribution in [2.75, 3.05) is 13.1 Å². The molecule has 0 spiro atoms. The lowest BCUT2D eigenvalue weighted by atomic mass is 9.96. The summed E-state index contributed by atoms with van der Waals surface area (Å²) < 4.78 is 16.0. The SMILES string of the molecule is Cc1c(Cc2ccc(C(N)=O)cc2)c2ccccc2n1CC1CCN(Cc2cccc(F)c2)CC1. The van der Waals surface area contributed by atoms with Crippen molar-refractivity contribution in [3.63, 3.8) is 0 Å². The molecule has 0 aliphatic carbocycles. The fraction of sp³-hybridized carbons (Fsp3) is 0.300. The molecule has 3 aromatic carbocycles. The van der Waals surface area contributed by atoms with Gasteiger partial charge in [-0.15, -0.1) is 0 Å². The summed E-state index contributed by atoms with van der Waals surface area (Å²) in [5.74, 6) is 0.0641. The van der Waals surface area contributed by atoms with E-state index in [4.69, 9.17) is 5.73 Å². The number of hydrogen-bond acceptors (Lipinski definition) is 2. The van der Waals surface area contributed by atoms with Crippen molar-refractivity contribution >= 4 is 16.8 Å². The zero-order valence-electron chi connectivity index (χ0n) is 20.2. The summed E-state index contributed by atoms with van der Waals surface area (Å²) >= 11 is 0. The summed E-state index contributed by atoms with van der Waals surface area (Å²) in [5, 5.41) is 1.30. The molecule has 1 fully saturated rings. The summed E-state index contributed by atoms with van der Waals surface area (Å²) in [6.07, 6.45) is 3.11. The second-order valence-corrected chi connectivity index (χ2v) is 9.78. The number of fused-ring (bicyclic) bond motifs is 1. The number of likely N-dealkylation sites (tertiary alicyclic amines) is 1. The molecule has 180 valence electrons. The van der Waals surface area contributed by atoms with Gasteiger partial charge in [0.25, 0.3) is 0 Å². The van der Waals surface area contributed by atoms with E-state index in [0.717, 1.165) is 51.0 Å². The summed E-state index contributed by atoms with van der Waals surface area (Å²) in [4.78, 5) is 13.9. The van der Waals surface area contributed by atoms with Gasteiger partial charge in [-0.25, -0.2) is 4.39 Å². The molecule has 0 unspecified atom stereocenters. The molecule has 0 atom stereocenters. The van der Waals surface area contributed by atoms with Crippen LogP contribution < -0.4 is 5.73 Å². The lowest BCUT2D eigenvalue weighted by Gasteiger charge is -2.32. The molecule has 1 saturated heterocycles. The van der Waals surface area contributed by atoms with Crippen molar-refractivity contribution in [2.24, 2.45) is 11.7 Å². The molecule has 2 heterocycles. The lowest BCUT2D eigenvalue weighted by molar-refractivity contribution is 0.100. The molecular weight excluding hydrogens is 437 g/mol. The number of para-hydroxylation sites is 1. The highest BCUT2D eigenvalue weighted by Gasteiger charge is 2.22. The number of carbonyl (C=O) groups excluding carboxylic acids is 1. The maximum atomic E-state index is 13.5. The zero-order chi connectivity index (χ0) is 24.4. The molecule has 1 aliphatic rings. The first-order valence-electron chi connectivity index (χ1n) is 12.4. The van der Waals surface area contributed by atoms with E-state index < -0.39 is 5.91 Å². The third-order valence-electron chi connectivity index (χ3n) is 7.42. The Kier molecular flexibility index (Phi) is 6.69. The summed E-state index contributed by atoms with van der Waals surface area (Å²) in [6, 6.07) is 23.2. The largest absolute Gasteiger partial charge is 0.366 e. The number of halogens is 1. The Balaban J connectivity index is 1.30. The van der Waals surface area contributed by atoms with Crippen molar-refractivity contribution in [2.45, 2.75) is 39.3 Å². The van der Waals surface area contributed by atoms with Gasteiger partial charge in [0.1, 0.15) is 5.82 Å². The highest BCUT2D eigenvalue weighted by molar-refractivity contribution is 5.92. The average molecular weight is 470 g/mol. The van der Waals surface area contributed by atoms with Gasteiger partial charge < -0.3 is 10.3 Å². The summed E-state index contributed by atoms with van der Waals surface area (Å²) in [5.41, 5.74) is 12.1. The van der Waals surface area contributed by atoms with Crippen LogP contribution in [0.4, 0.5) is 4.39 Å². The molecule has 35 heavy (non-hydrogen) atoms. The van der Waals surface area contributed by atoms with Gasteiger partial charge in [-0.1, -0.05) is 42.5 Å². The number of primary amides is 1. The van der Waals surface area contributed by atoms with Crippen molar-refractivity contribution in [3.05, 3.63) is 107 Å². The van der Waals surface area contributed by atoms with Crippen LogP contribution in [0.25, 0.3) is 10.9 Å². The first-order valence-corrected chi connectivity index (χ1v) is 12.4. The maximum Gasteiger partial charge on any atom is 0.248 e. The van der Waals surface area contributed by atoms with Crippen LogP contribution in [0.5, 0.6) is 0 Å². The molecule has 1 aromatic heterocycles. The second kappa shape index (κ2) is 10.0. The van der Waals surface area contributed by atoms with Gasteiger partial charge in [-0.05, 0) is 92.2 Å². The van der Waals surface area contributed by atoms with Gasteiger partial charge in [0.2, 0.25) is 5.91 Å². The lowest BCUT2D eigenvalue weighted by Crippen LogP contribution is -2.34. The van der Waals surface area contributed by atoms with E-state index in [-0.39, 0.29) is 5.82 Å². The van der Waals surface area contributed by atoms with E-state index in [1.807, 2.05) is 30.3 Å². The van der Waals surface area contributed by atoms with Crippen molar-refractivity contribution in [1.82, 2.24) is 9.47 Å². The topological polar surface area (TPSA) is 51.3 Å². The Morgan fingerprint density at radius 1 is 0.971 bits per heavy atom. The quantitative estimate of drug-likeness (QED) is 0.378. The van der Waals surface area contributed by atoms with Crippen molar-refractivity contribution in [1.29, 1.82) is 0 Å². The summed E-state index contributed by atoms with van der Waals surface area (Å²) in [6.45, 7) is 6.14. The van der Waals surface area contributed by atoms with E-state index in [1.165, 1.54) is 33.8 Å². The van der Waals surface area contributed by atoms with Crippen LogP contribution in [-0.4, -0.2) is 28.5 Å². The van der Waals surface area contributed by atoms with E-state index in [2.05, 4.69) is 40.7 Å². The standard InChI is InChI=1S/C30H32FN3O/c1-21-28(18-22-9-11-25(12-10-22)30(32)35)27-7-2-3-8-29(27)34(21)20-23-13-15-33(16-14-23)19-24-5-4-6-26(31)17-24/h2-12,17,23H,13-16,18-20H2,1H3,(H2,32,35). The minimum absolute atomic E-state index is 0.160. The van der Waals surface area contributed by atoms with Crippen LogP contribution in [0.1, 0.15) is 45.6 Å². The minimum atomic E-state index is -0.397. The van der Waals surface area contributed by atoms with Crippen molar-refractivity contribution < 1.29 is 9.18 Å². The number of benzene rings is 3. The minimum Gasteiger partial charge on any atom is -0.366 e. The van der Waals surface area contributed by atoms with Gasteiger partial charge in [0.05, 0.1) is 0 Å². The van der Waals surface area contributed by atoms with Crippen molar-refractivity contribution in [3.8, 4) is 0 Å². The predicted molar refractivity (Wildman–Crippen MR) is 139 cm³/mol. The Bertz CT molecular complexity index is 1330. The van der Waals surface area contributed by atoms with Gasteiger partial charge in [0.15, 0.2) is 0 Å². The first-order chi connectivity index (χ1) is 17.0. The first kappa shape index (κ1) is 23.3. The third-order valence-corrected chi connectivity index (χ3v) is 7.42. The Morgan fingerprint density at radius 2 is 1.71 bits per heavy atom. The Labute approximate surface area is 206 Å². The van der Waals surface area contributed by atoms with Gasteiger partial charge >= 0.3 is 0 Å². The number of nitrogens with two attached hydrogens (primary N) is 1. The van der Waals surface area contributed by atoms with E-state index in [0.29, 0.717) is 11.5 Å². The number of hydrogen-bond donors (Lipinski definition) is 1. The number of aromatic nitrogens is 1. The number of carbonyl (C=O) groups is 1. The normalized spacial score (nSPS) is 15.0. The van der Waals surface area contributed by atoms with Gasteiger partial charge in [-0.3, -0.25) is 9.69 Å². The highest BCUT2D eigenvalue weighted by atomic mass is 19.1. The maximum absolute atomic E-state index is 13.5. The number of amides is 1.